The number of nitrogens with zero attached hydrogens (tertiary/aromatic N) is 4. The molecule has 1 aromatic carbocycles. The highest BCUT2D eigenvalue weighted by Crippen LogP contribution is 2.23. The first-order chi connectivity index (χ1) is 15.9. The van der Waals surface area contributed by atoms with Gasteiger partial charge in [-0.05, 0) is 44.0 Å². The van der Waals surface area contributed by atoms with Gasteiger partial charge >= 0.3 is 0 Å². The smallest absolute Gasteiger partial charge is 0.260 e. The molecule has 0 unspecified atom stereocenters. The van der Waals surface area contributed by atoms with Crippen molar-refractivity contribution in [2.24, 2.45) is 5.92 Å². The summed E-state index contributed by atoms with van der Waals surface area (Å²) < 4.78 is 26.5. The van der Waals surface area contributed by atoms with Gasteiger partial charge in [-0.15, -0.1) is 0 Å². The molecule has 0 saturated carbocycles. The Bertz CT molecular complexity index is 1020. The monoisotopic (exact) mass is 494 g/mol. The quantitative estimate of drug-likeness (QED) is 0.542. The Kier molecular flexibility index (Phi) is 7.90. The van der Waals surface area contributed by atoms with Gasteiger partial charge in [0.05, 0.1) is 12.5 Å². The molecule has 2 aliphatic rings. The van der Waals surface area contributed by atoms with E-state index >= 15 is 0 Å². The van der Waals surface area contributed by atoms with Crippen LogP contribution in [-0.4, -0.2) is 85.9 Å². The number of amides is 1. The van der Waals surface area contributed by atoms with E-state index in [9.17, 15) is 13.2 Å². The second-order valence-electron chi connectivity index (χ2n) is 8.55. The number of anilines is 1. The van der Waals surface area contributed by atoms with Crippen LogP contribution in [0.4, 0.5) is 5.69 Å². The van der Waals surface area contributed by atoms with Crippen molar-refractivity contribution < 1.29 is 13.2 Å². The van der Waals surface area contributed by atoms with Crippen LogP contribution in [0.15, 0.2) is 41.8 Å². The molecular weight excluding hydrogens is 464 g/mol. The lowest BCUT2D eigenvalue weighted by Gasteiger charge is -2.36. The molecule has 2 fully saturated rings. The SMILES string of the molecule is O=C(NCCCN1CCN(c2cccc(Cl)c2)CC1)C1CCN(S(=O)(=O)c2cnc[nH]2)CC1. The van der Waals surface area contributed by atoms with Crippen molar-refractivity contribution in [1.82, 2.24) is 24.5 Å². The summed E-state index contributed by atoms with van der Waals surface area (Å²) in [6.45, 7) is 6.18. The third-order valence-corrected chi connectivity index (χ3v) is 8.47. The largest absolute Gasteiger partial charge is 0.369 e. The first-order valence-electron chi connectivity index (χ1n) is 11.4. The number of nitrogens with one attached hydrogen (secondary N) is 2. The number of aromatic nitrogens is 2. The predicted molar refractivity (Wildman–Crippen MR) is 128 cm³/mol. The van der Waals surface area contributed by atoms with Gasteiger partial charge in [-0.1, -0.05) is 17.7 Å². The van der Waals surface area contributed by atoms with Crippen molar-refractivity contribution >= 4 is 33.2 Å². The van der Waals surface area contributed by atoms with Gasteiger partial charge in [-0.25, -0.2) is 13.4 Å². The second-order valence-corrected chi connectivity index (χ2v) is 10.9. The van der Waals surface area contributed by atoms with Gasteiger partial charge in [-0.3, -0.25) is 9.69 Å². The summed E-state index contributed by atoms with van der Waals surface area (Å²) in [7, 11) is -3.56. The molecule has 0 aliphatic carbocycles. The van der Waals surface area contributed by atoms with E-state index in [4.69, 9.17) is 11.6 Å². The molecule has 1 amide bonds. The number of piperidine rings is 1. The Labute approximate surface area is 200 Å². The lowest BCUT2D eigenvalue weighted by atomic mass is 9.97. The predicted octanol–water partition coefficient (Wildman–Crippen LogP) is 1.79. The van der Waals surface area contributed by atoms with Crippen LogP contribution in [0.5, 0.6) is 0 Å². The van der Waals surface area contributed by atoms with Gasteiger partial charge in [0.1, 0.15) is 0 Å². The van der Waals surface area contributed by atoms with Crippen LogP contribution in [0, 0.1) is 5.92 Å². The van der Waals surface area contributed by atoms with Crippen LogP contribution in [0.1, 0.15) is 19.3 Å². The minimum absolute atomic E-state index is 0.0272. The summed E-state index contributed by atoms with van der Waals surface area (Å²) >= 11 is 6.10. The molecule has 0 bridgehead atoms. The molecular formula is C22H31ClN6O3S. The summed E-state index contributed by atoms with van der Waals surface area (Å²) in [4.78, 5) is 23.7. The summed E-state index contributed by atoms with van der Waals surface area (Å²) in [5, 5.41) is 3.90. The highest BCUT2D eigenvalue weighted by Gasteiger charge is 2.32. The van der Waals surface area contributed by atoms with E-state index in [1.165, 1.54) is 16.8 Å². The molecule has 11 heteroatoms. The zero-order valence-electron chi connectivity index (χ0n) is 18.6. The number of carbonyl (C=O) groups is 1. The summed E-state index contributed by atoms with van der Waals surface area (Å²) in [5.41, 5.74) is 1.16. The van der Waals surface area contributed by atoms with Gasteiger partial charge in [0.15, 0.2) is 5.03 Å². The van der Waals surface area contributed by atoms with Gasteiger partial charge in [0, 0.05) is 62.4 Å². The minimum Gasteiger partial charge on any atom is -0.369 e. The zero-order valence-corrected chi connectivity index (χ0v) is 20.2. The molecule has 3 heterocycles. The topological polar surface area (TPSA) is 102 Å². The van der Waals surface area contributed by atoms with Crippen molar-refractivity contribution in [2.75, 3.05) is 57.3 Å². The average molecular weight is 495 g/mol. The highest BCUT2D eigenvalue weighted by molar-refractivity contribution is 7.89. The van der Waals surface area contributed by atoms with E-state index < -0.39 is 10.0 Å². The van der Waals surface area contributed by atoms with E-state index in [1.54, 1.807) is 0 Å². The van der Waals surface area contributed by atoms with E-state index in [1.807, 2.05) is 18.2 Å². The van der Waals surface area contributed by atoms with Crippen LogP contribution in [0.25, 0.3) is 0 Å². The highest BCUT2D eigenvalue weighted by atomic mass is 35.5. The molecule has 0 radical (unpaired) electrons. The minimum atomic E-state index is -3.56. The van der Waals surface area contributed by atoms with Crippen LogP contribution in [0.3, 0.4) is 0 Å². The molecule has 1 aromatic heterocycles. The average Bonchev–Trinajstić information content (AvgIpc) is 3.38. The number of benzene rings is 1. The van der Waals surface area contributed by atoms with Crippen LogP contribution in [-0.2, 0) is 14.8 Å². The lowest BCUT2D eigenvalue weighted by molar-refractivity contribution is -0.126. The second kappa shape index (κ2) is 10.9. The fraction of sp³-hybridized carbons (Fsp3) is 0.545. The Morgan fingerprint density at radius 3 is 2.58 bits per heavy atom. The van der Waals surface area contributed by atoms with Crippen molar-refractivity contribution in [1.29, 1.82) is 0 Å². The number of H-pyrrole nitrogens is 1. The summed E-state index contributed by atoms with van der Waals surface area (Å²) in [6.07, 6.45) is 4.63. The van der Waals surface area contributed by atoms with Gasteiger partial charge in [0.2, 0.25) is 5.91 Å². The molecule has 9 nitrogen and oxygen atoms in total. The number of rotatable bonds is 8. The molecule has 2 N–H and O–H groups in total. The molecule has 0 atom stereocenters. The number of carbonyl (C=O) groups excluding carboxylic acids is 1. The molecule has 180 valence electrons. The number of aromatic amines is 1. The molecule has 0 spiro atoms. The van der Waals surface area contributed by atoms with Crippen molar-refractivity contribution in [3.05, 3.63) is 41.8 Å². The Balaban J connectivity index is 1.12. The first-order valence-corrected chi connectivity index (χ1v) is 13.2. The Morgan fingerprint density at radius 1 is 1.15 bits per heavy atom. The van der Waals surface area contributed by atoms with Crippen molar-refractivity contribution in [3.63, 3.8) is 0 Å². The fourth-order valence-corrected chi connectivity index (χ4v) is 5.99. The van der Waals surface area contributed by atoms with Gasteiger partial charge in [-0.2, -0.15) is 4.31 Å². The maximum absolute atomic E-state index is 12.5. The van der Waals surface area contributed by atoms with Crippen molar-refractivity contribution in [2.45, 2.75) is 24.3 Å². The van der Waals surface area contributed by atoms with E-state index in [0.717, 1.165) is 49.9 Å². The Morgan fingerprint density at radius 2 is 1.91 bits per heavy atom. The van der Waals surface area contributed by atoms with Gasteiger partial charge in [0.25, 0.3) is 10.0 Å². The van der Waals surface area contributed by atoms with E-state index in [0.29, 0.717) is 32.5 Å². The lowest BCUT2D eigenvalue weighted by Crippen LogP contribution is -2.47. The number of hydrogen-bond acceptors (Lipinski definition) is 6. The maximum atomic E-state index is 12.5. The van der Waals surface area contributed by atoms with E-state index in [-0.39, 0.29) is 16.9 Å². The number of sulfonamides is 1. The van der Waals surface area contributed by atoms with Crippen molar-refractivity contribution in [3.8, 4) is 0 Å². The number of halogens is 1. The molecule has 33 heavy (non-hydrogen) atoms. The standard InChI is InChI=1S/C22H31ClN6O3S/c23-19-3-1-4-20(15-19)28-13-11-27(12-14-28)8-2-7-25-22(30)18-5-9-29(10-6-18)33(31,32)21-16-24-17-26-21/h1,3-4,15-18H,2,5-14H2,(H,24,26)(H,25,30). The van der Waals surface area contributed by atoms with E-state index in [2.05, 4.69) is 31.2 Å². The number of hydrogen-bond donors (Lipinski definition) is 2. The summed E-state index contributed by atoms with van der Waals surface area (Å²) in [6, 6.07) is 7.97. The van der Waals surface area contributed by atoms with Crippen LogP contribution in [0.2, 0.25) is 5.02 Å². The van der Waals surface area contributed by atoms with Crippen LogP contribution < -0.4 is 10.2 Å². The zero-order chi connectivity index (χ0) is 23.3. The molecule has 4 rings (SSSR count). The third-order valence-electron chi connectivity index (χ3n) is 6.41. The third kappa shape index (κ3) is 6.06. The maximum Gasteiger partial charge on any atom is 0.260 e. The molecule has 2 aliphatic heterocycles. The van der Waals surface area contributed by atoms with Gasteiger partial charge < -0.3 is 15.2 Å². The molecule has 2 aromatic rings. The fourth-order valence-electron chi connectivity index (χ4n) is 4.44. The first kappa shape index (κ1) is 24.0. The normalized spacial score (nSPS) is 19.0. The molecule has 2 saturated heterocycles. The number of piperazine rings is 1. The Hall–Kier alpha value is -2.14. The number of imidazole rings is 1. The van der Waals surface area contributed by atoms with Crippen LogP contribution >= 0.6 is 11.6 Å². The summed E-state index contributed by atoms with van der Waals surface area (Å²) in [5.74, 6) is -0.112.